The lowest BCUT2D eigenvalue weighted by atomic mass is 11.1. The van der Waals surface area contributed by atoms with Gasteiger partial charge >= 0.3 is 0 Å². The van der Waals surface area contributed by atoms with Gasteiger partial charge in [-0.05, 0) is 0 Å². The van der Waals surface area contributed by atoms with E-state index in [4.69, 9.17) is 5.11 Å². The molecule has 0 aromatic rings. The van der Waals surface area contributed by atoms with E-state index in [0.717, 1.165) is 0 Å². The molecule has 5 heavy (non-hydrogen) atoms. The molecule has 0 bridgehead atoms. The maximum atomic E-state index is 9.26. The second-order valence-electron chi connectivity index (χ2n) is 0.552. The number of hydrogen-bond acceptors (Lipinski definition) is 2. The zero-order valence-corrected chi connectivity index (χ0v) is 2.77. The van der Waals surface area contributed by atoms with Gasteiger partial charge in [-0.1, -0.05) is 0 Å². The molecular weight excluding hydrogens is 70.0 g/mol. The van der Waals surface area contributed by atoms with E-state index in [0.29, 0.717) is 0 Å². The summed E-state index contributed by atoms with van der Waals surface area (Å²) in [6, 6.07) is 0. The zero-order chi connectivity index (χ0) is 4.12. The summed E-state index contributed by atoms with van der Waals surface area (Å²) in [6.07, 6.45) is 0. The second kappa shape index (κ2) is 3.88. The molecule has 2 N–H and O–H groups in total. The molecule has 1 radical (unpaired) electrons. The lowest BCUT2D eigenvalue weighted by Crippen LogP contribution is -2.13. The molecular formula is C2H6NO2. The third kappa shape index (κ3) is 3.88. The second-order valence-corrected chi connectivity index (χ2v) is 0.552. The molecule has 0 amide bonds. The normalized spacial score (nSPS) is 8.40. The third-order valence-electron chi connectivity index (χ3n) is 0.214. The fraction of sp³-hybridized carbons (Fsp3) is 1.00. The predicted octanol–water partition coefficient (Wildman–Crippen LogP) is -1.09. The van der Waals surface area contributed by atoms with Crippen LogP contribution in [-0.4, -0.2) is 18.6 Å². The first-order valence-corrected chi connectivity index (χ1v) is 1.31. The van der Waals surface area contributed by atoms with Crippen molar-refractivity contribution in [2.45, 2.75) is 0 Å². The highest BCUT2D eigenvalue weighted by molar-refractivity contribution is 4.10. The number of rotatable bonds is 2. The van der Waals surface area contributed by atoms with Gasteiger partial charge in [-0.25, -0.2) is 5.11 Å². The largest absolute Gasteiger partial charge is 0.381 e. The lowest BCUT2D eigenvalue weighted by Gasteiger charge is -1.83. The highest BCUT2D eigenvalue weighted by atomic mass is 16.3. The van der Waals surface area contributed by atoms with Gasteiger partial charge in [0.05, 0.1) is 6.73 Å². The number of aliphatic hydroxyl groups excluding tert-OH is 1. The Hall–Kier alpha value is -0.120. The Morgan fingerprint density at radius 3 is 2.40 bits per heavy atom. The molecule has 0 rings (SSSR count). The standard InChI is InChI=1S/C2H6NO2/c4-1-3-2-5/h3-4H,1-2H2. The summed E-state index contributed by atoms with van der Waals surface area (Å²) in [5.74, 6) is 0. The minimum absolute atomic E-state index is 0.219. The Labute approximate surface area is 30.2 Å². The van der Waals surface area contributed by atoms with Crippen molar-refractivity contribution in [2.75, 3.05) is 13.5 Å². The molecule has 0 heterocycles. The summed E-state index contributed by atoms with van der Waals surface area (Å²) >= 11 is 0. The van der Waals surface area contributed by atoms with Crippen LogP contribution in [0.15, 0.2) is 0 Å². The van der Waals surface area contributed by atoms with Crippen LogP contribution in [0.2, 0.25) is 0 Å². The summed E-state index contributed by atoms with van der Waals surface area (Å²) in [7, 11) is 0. The van der Waals surface area contributed by atoms with Crippen LogP contribution in [0.25, 0.3) is 0 Å². The van der Waals surface area contributed by atoms with E-state index in [9.17, 15) is 5.11 Å². The Balaban J connectivity index is 2.19. The van der Waals surface area contributed by atoms with E-state index in [1.807, 2.05) is 0 Å². The van der Waals surface area contributed by atoms with E-state index in [1.54, 1.807) is 0 Å². The smallest absolute Gasteiger partial charge is 0.134 e. The quantitative estimate of drug-likeness (QED) is 0.411. The van der Waals surface area contributed by atoms with E-state index in [-0.39, 0.29) is 6.73 Å². The van der Waals surface area contributed by atoms with Crippen LogP contribution < -0.4 is 5.32 Å². The highest BCUT2D eigenvalue weighted by Gasteiger charge is 1.66. The van der Waals surface area contributed by atoms with Crippen molar-refractivity contribution in [3.63, 3.8) is 0 Å². The van der Waals surface area contributed by atoms with Crippen LogP contribution in [0, 0.1) is 0 Å². The molecule has 0 aromatic carbocycles. The topological polar surface area (TPSA) is 52.2 Å². The van der Waals surface area contributed by atoms with E-state index in [1.165, 1.54) is 0 Å². The average Bonchev–Trinajstić information content (AvgIpc) is 1.41. The van der Waals surface area contributed by atoms with Crippen LogP contribution in [0.4, 0.5) is 0 Å². The Morgan fingerprint density at radius 2 is 2.40 bits per heavy atom. The van der Waals surface area contributed by atoms with Gasteiger partial charge in [0.1, 0.15) is 6.73 Å². The molecule has 3 nitrogen and oxygen atoms in total. The summed E-state index contributed by atoms with van der Waals surface area (Å²) in [4.78, 5) is 0. The number of hydrogen-bond donors (Lipinski definition) is 2. The molecule has 0 aliphatic heterocycles. The van der Waals surface area contributed by atoms with E-state index in [2.05, 4.69) is 5.32 Å². The van der Waals surface area contributed by atoms with Crippen molar-refractivity contribution >= 4 is 0 Å². The van der Waals surface area contributed by atoms with E-state index < -0.39 is 6.73 Å². The molecule has 0 atom stereocenters. The molecule has 0 unspecified atom stereocenters. The lowest BCUT2D eigenvalue weighted by molar-refractivity contribution is 0.129. The number of aliphatic hydroxyl groups is 1. The van der Waals surface area contributed by atoms with Crippen LogP contribution in [0.3, 0.4) is 0 Å². The third-order valence-corrected chi connectivity index (χ3v) is 0.214. The molecule has 0 fully saturated rings. The summed E-state index contributed by atoms with van der Waals surface area (Å²) in [5, 5.41) is 19.1. The van der Waals surface area contributed by atoms with Crippen molar-refractivity contribution in [3.8, 4) is 0 Å². The summed E-state index contributed by atoms with van der Waals surface area (Å²) < 4.78 is 0. The fourth-order valence-electron chi connectivity index (χ4n) is 0.0456. The van der Waals surface area contributed by atoms with Crippen LogP contribution in [0.1, 0.15) is 0 Å². The predicted molar refractivity (Wildman–Crippen MR) is 15.8 cm³/mol. The minimum atomic E-state index is -0.406. The van der Waals surface area contributed by atoms with Crippen LogP contribution >= 0.6 is 0 Å². The summed E-state index contributed by atoms with van der Waals surface area (Å²) in [5.41, 5.74) is 0. The Bertz CT molecular complexity index is 15.1. The van der Waals surface area contributed by atoms with Gasteiger partial charge in [-0.2, -0.15) is 0 Å². The highest BCUT2D eigenvalue weighted by Crippen LogP contribution is 1.39. The monoisotopic (exact) mass is 76.0 g/mol. The molecule has 0 saturated carbocycles. The van der Waals surface area contributed by atoms with Crippen molar-refractivity contribution in [2.24, 2.45) is 0 Å². The zero-order valence-electron chi connectivity index (χ0n) is 2.77. The first kappa shape index (κ1) is 4.88. The van der Waals surface area contributed by atoms with Gasteiger partial charge in [0.15, 0.2) is 0 Å². The van der Waals surface area contributed by atoms with E-state index >= 15 is 0 Å². The van der Waals surface area contributed by atoms with Crippen molar-refractivity contribution < 1.29 is 10.2 Å². The SMILES string of the molecule is [O]CNCO. The first-order chi connectivity index (χ1) is 2.41. The van der Waals surface area contributed by atoms with Crippen LogP contribution in [0.5, 0.6) is 0 Å². The van der Waals surface area contributed by atoms with Gasteiger partial charge in [-0.3, -0.25) is 5.32 Å². The summed E-state index contributed by atoms with van der Waals surface area (Å²) in [6.45, 7) is -0.625. The Kier molecular flexibility index (Phi) is 3.79. The van der Waals surface area contributed by atoms with Gasteiger partial charge < -0.3 is 5.11 Å². The van der Waals surface area contributed by atoms with Gasteiger partial charge in [0.25, 0.3) is 0 Å². The molecule has 0 aliphatic carbocycles. The maximum Gasteiger partial charge on any atom is 0.134 e. The van der Waals surface area contributed by atoms with Crippen LogP contribution in [-0.2, 0) is 5.11 Å². The molecule has 0 aliphatic rings. The average molecular weight is 76.1 g/mol. The van der Waals surface area contributed by atoms with Gasteiger partial charge in [0, 0.05) is 0 Å². The Morgan fingerprint density at radius 1 is 1.80 bits per heavy atom. The first-order valence-electron chi connectivity index (χ1n) is 1.31. The van der Waals surface area contributed by atoms with Crippen molar-refractivity contribution in [3.05, 3.63) is 0 Å². The molecule has 31 valence electrons. The number of nitrogens with one attached hydrogen (secondary N) is 1. The van der Waals surface area contributed by atoms with Crippen molar-refractivity contribution in [1.29, 1.82) is 0 Å². The van der Waals surface area contributed by atoms with Crippen molar-refractivity contribution in [1.82, 2.24) is 5.32 Å². The molecule has 0 aromatic heterocycles. The maximum absolute atomic E-state index is 9.26. The molecule has 0 saturated heterocycles. The van der Waals surface area contributed by atoms with Gasteiger partial charge in [0.2, 0.25) is 0 Å². The minimum Gasteiger partial charge on any atom is -0.381 e. The molecule has 0 spiro atoms. The fourth-order valence-corrected chi connectivity index (χ4v) is 0.0456. The van der Waals surface area contributed by atoms with Gasteiger partial charge in [-0.15, -0.1) is 0 Å². The molecule has 3 heteroatoms.